The maximum atomic E-state index is 6.21. The van der Waals surface area contributed by atoms with E-state index in [1.54, 1.807) is 0 Å². The van der Waals surface area contributed by atoms with Crippen molar-refractivity contribution in [2.75, 3.05) is 33.2 Å². The van der Waals surface area contributed by atoms with Crippen LogP contribution in [-0.4, -0.2) is 43.0 Å². The van der Waals surface area contributed by atoms with Crippen LogP contribution in [0.4, 0.5) is 0 Å². The average Bonchev–Trinajstić information content (AvgIpc) is 2.72. The molecule has 0 N–H and O–H groups in total. The normalized spacial score (nSPS) is 22.3. The van der Waals surface area contributed by atoms with E-state index in [1.807, 2.05) is 0 Å². The first-order valence-corrected chi connectivity index (χ1v) is 8.08. The summed E-state index contributed by atoms with van der Waals surface area (Å²) in [5.74, 6) is 2.02. The molecular formula is C19H22N2O. The van der Waals surface area contributed by atoms with Crippen LogP contribution in [0.5, 0.6) is 11.5 Å². The van der Waals surface area contributed by atoms with Gasteiger partial charge in [-0.25, -0.2) is 0 Å². The molecule has 3 heteroatoms. The van der Waals surface area contributed by atoms with Gasteiger partial charge in [-0.3, -0.25) is 4.90 Å². The quantitative estimate of drug-likeness (QED) is 0.802. The maximum absolute atomic E-state index is 6.21. The second-order valence-corrected chi connectivity index (χ2v) is 6.31. The highest BCUT2D eigenvalue weighted by molar-refractivity contribution is 5.46. The van der Waals surface area contributed by atoms with Gasteiger partial charge in [-0.15, -0.1) is 0 Å². The van der Waals surface area contributed by atoms with Crippen LogP contribution in [0.3, 0.4) is 0 Å². The molecule has 1 atom stereocenters. The van der Waals surface area contributed by atoms with Crippen LogP contribution >= 0.6 is 0 Å². The Labute approximate surface area is 132 Å². The van der Waals surface area contributed by atoms with Crippen molar-refractivity contribution in [3.05, 3.63) is 59.7 Å². The fourth-order valence-electron chi connectivity index (χ4n) is 3.52. The molecule has 2 aromatic carbocycles. The maximum Gasteiger partial charge on any atom is 0.132 e. The second kappa shape index (κ2) is 5.75. The Balaban J connectivity index is 1.73. The number of likely N-dealkylation sites (N-methyl/N-ethyl adjacent to an activating group) is 1. The van der Waals surface area contributed by atoms with Gasteiger partial charge in [-0.05, 0) is 31.2 Å². The predicted molar refractivity (Wildman–Crippen MR) is 88.5 cm³/mol. The lowest BCUT2D eigenvalue weighted by atomic mass is 9.96. The Morgan fingerprint density at radius 2 is 1.55 bits per heavy atom. The van der Waals surface area contributed by atoms with Crippen molar-refractivity contribution in [3.8, 4) is 11.5 Å². The molecule has 0 radical (unpaired) electrons. The molecule has 1 saturated heterocycles. The summed E-state index contributed by atoms with van der Waals surface area (Å²) in [6, 6.07) is 17.4. The van der Waals surface area contributed by atoms with Crippen molar-refractivity contribution < 1.29 is 4.74 Å². The number of fused-ring (bicyclic) bond motifs is 2. The van der Waals surface area contributed by atoms with Crippen LogP contribution in [0, 0.1) is 0 Å². The fraction of sp³-hybridized carbons (Fsp3) is 0.368. The van der Waals surface area contributed by atoms with Gasteiger partial charge < -0.3 is 9.64 Å². The number of para-hydroxylation sites is 2. The smallest absolute Gasteiger partial charge is 0.132 e. The van der Waals surface area contributed by atoms with Crippen molar-refractivity contribution in [2.24, 2.45) is 0 Å². The highest BCUT2D eigenvalue weighted by atomic mass is 16.5. The molecule has 22 heavy (non-hydrogen) atoms. The molecule has 0 amide bonds. The fourth-order valence-corrected chi connectivity index (χ4v) is 3.52. The van der Waals surface area contributed by atoms with Crippen molar-refractivity contribution in [1.82, 2.24) is 9.80 Å². The van der Waals surface area contributed by atoms with E-state index in [0.717, 1.165) is 44.1 Å². The van der Waals surface area contributed by atoms with Crippen molar-refractivity contribution in [1.29, 1.82) is 0 Å². The molecule has 1 fully saturated rings. The van der Waals surface area contributed by atoms with Crippen LogP contribution in [0.15, 0.2) is 48.5 Å². The van der Waals surface area contributed by atoms with Crippen LogP contribution in [-0.2, 0) is 6.42 Å². The summed E-state index contributed by atoms with van der Waals surface area (Å²) >= 11 is 0. The topological polar surface area (TPSA) is 15.7 Å². The summed E-state index contributed by atoms with van der Waals surface area (Å²) in [5, 5.41) is 0. The second-order valence-electron chi connectivity index (χ2n) is 6.31. The van der Waals surface area contributed by atoms with Gasteiger partial charge in [0.1, 0.15) is 11.5 Å². The van der Waals surface area contributed by atoms with Crippen LogP contribution in [0.25, 0.3) is 0 Å². The Kier molecular flexibility index (Phi) is 3.60. The molecule has 114 valence electrons. The third kappa shape index (κ3) is 2.51. The number of rotatable bonds is 1. The molecule has 0 bridgehead atoms. The largest absolute Gasteiger partial charge is 0.457 e. The molecule has 4 rings (SSSR count). The summed E-state index contributed by atoms with van der Waals surface area (Å²) < 4.78 is 6.21. The van der Waals surface area contributed by atoms with E-state index < -0.39 is 0 Å². The molecule has 1 unspecified atom stereocenters. The highest BCUT2D eigenvalue weighted by Gasteiger charge is 2.29. The van der Waals surface area contributed by atoms with Gasteiger partial charge in [0, 0.05) is 37.8 Å². The molecule has 0 spiro atoms. The summed E-state index contributed by atoms with van der Waals surface area (Å²) in [5.41, 5.74) is 2.63. The third-order valence-electron chi connectivity index (χ3n) is 4.86. The molecule has 2 aliphatic rings. The monoisotopic (exact) mass is 294 g/mol. The van der Waals surface area contributed by atoms with Gasteiger partial charge in [0.2, 0.25) is 0 Å². The van der Waals surface area contributed by atoms with Gasteiger partial charge in [0.15, 0.2) is 0 Å². The minimum atomic E-state index is 0.411. The molecule has 0 aromatic heterocycles. The van der Waals surface area contributed by atoms with Crippen molar-refractivity contribution in [3.63, 3.8) is 0 Å². The van der Waals surface area contributed by atoms with Gasteiger partial charge in [0.05, 0.1) is 0 Å². The summed E-state index contributed by atoms with van der Waals surface area (Å²) in [7, 11) is 2.21. The van der Waals surface area contributed by atoms with Crippen LogP contribution < -0.4 is 4.74 Å². The lowest BCUT2D eigenvalue weighted by Gasteiger charge is -2.38. The number of hydrogen-bond donors (Lipinski definition) is 0. The summed E-state index contributed by atoms with van der Waals surface area (Å²) in [4.78, 5) is 5.02. The van der Waals surface area contributed by atoms with E-state index in [1.165, 1.54) is 11.1 Å². The third-order valence-corrected chi connectivity index (χ3v) is 4.86. The summed E-state index contributed by atoms with van der Waals surface area (Å²) in [6.45, 7) is 4.53. The number of benzene rings is 2. The molecule has 0 aliphatic carbocycles. The SMILES string of the molecule is CN1CCN(C2Cc3ccccc3Oc3ccccc32)CC1. The minimum absolute atomic E-state index is 0.411. The summed E-state index contributed by atoms with van der Waals surface area (Å²) in [6.07, 6.45) is 1.02. The van der Waals surface area contributed by atoms with Crippen LogP contribution in [0.2, 0.25) is 0 Å². The molecule has 0 saturated carbocycles. The van der Waals surface area contributed by atoms with Crippen LogP contribution in [0.1, 0.15) is 17.2 Å². The van der Waals surface area contributed by atoms with Gasteiger partial charge >= 0.3 is 0 Å². The van der Waals surface area contributed by atoms with Gasteiger partial charge in [0.25, 0.3) is 0 Å². The van der Waals surface area contributed by atoms with E-state index in [-0.39, 0.29) is 0 Å². The number of nitrogens with zero attached hydrogens (tertiary/aromatic N) is 2. The van der Waals surface area contributed by atoms with E-state index in [2.05, 4.69) is 65.4 Å². The highest BCUT2D eigenvalue weighted by Crippen LogP contribution is 2.40. The predicted octanol–water partition coefficient (Wildman–Crippen LogP) is 3.32. The lowest BCUT2D eigenvalue weighted by Crippen LogP contribution is -2.46. The van der Waals surface area contributed by atoms with Gasteiger partial charge in [-0.2, -0.15) is 0 Å². The molecule has 2 heterocycles. The van der Waals surface area contributed by atoms with E-state index in [0.29, 0.717) is 6.04 Å². The molecular weight excluding hydrogens is 272 g/mol. The molecule has 3 nitrogen and oxygen atoms in total. The van der Waals surface area contributed by atoms with Gasteiger partial charge in [-0.1, -0.05) is 36.4 Å². The first-order valence-electron chi connectivity index (χ1n) is 8.08. The Hall–Kier alpha value is -1.84. The first kappa shape index (κ1) is 13.8. The Morgan fingerprint density at radius 3 is 2.36 bits per heavy atom. The first-order chi connectivity index (χ1) is 10.8. The Bertz CT molecular complexity index is 662. The number of ether oxygens (including phenoxy) is 1. The number of piperazine rings is 1. The zero-order valence-corrected chi connectivity index (χ0v) is 13.0. The molecule has 2 aliphatic heterocycles. The standard InChI is InChI=1S/C19H22N2O/c1-20-10-12-21(13-11-20)17-14-15-6-2-4-8-18(15)22-19-9-5-3-7-16(17)19/h2-9,17H,10-14H2,1H3. The lowest BCUT2D eigenvalue weighted by molar-refractivity contribution is 0.111. The molecule has 2 aromatic rings. The van der Waals surface area contributed by atoms with Crippen molar-refractivity contribution in [2.45, 2.75) is 12.5 Å². The Morgan fingerprint density at radius 1 is 0.864 bits per heavy atom. The average molecular weight is 294 g/mol. The van der Waals surface area contributed by atoms with Crippen molar-refractivity contribution >= 4 is 0 Å². The van der Waals surface area contributed by atoms with E-state index >= 15 is 0 Å². The number of hydrogen-bond acceptors (Lipinski definition) is 3. The zero-order chi connectivity index (χ0) is 14.9. The van der Waals surface area contributed by atoms with E-state index in [9.17, 15) is 0 Å². The zero-order valence-electron chi connectivity index (χ0n) is 13.0. The minimum Gasteiger partial charge on any atom is -0.457 e. The van der Waals surface area contributed by atoms with E-state index in [4.69, 9.17) is 4.74 Å².